The maximum Gasteiger partial charge on any atom is 0.298 e. The Balaban J connectivity index is 1.71. The molecule has 2 aromatic carbocycles. The van der Waals surface area contributed by atoms with Gasteiger partial charge in [-0.1, -0.05) is 36.4 Å². The first-order chi connectivity index (χ1) is 10.4. The standard InChI is InChI=1S/C18H18N2O/c1-3-7-14(8-4-1)15-9-10-17-16(13-15)19-18(21-17)20-11-5-2-6-12-20/h1,3-4,7-10,13H,2,5-6,11-12H2. The first-order valence-corrected chi connectivity index (χ1v) is 7.61. The van der Waals surface area contributed by atoms with Crippen LogP contribution < -0.4 is 4.90 Å². The van der Waals surface area contributed by atoms with Crippen LogP contribution in [0.2, 0.25) is 0 Å². The summed E-state index contributed by atoms with van der Waals surface area (Å²) < 4.78 is 5.91. The van der Waals surface area contributed by atoms with E-state index in [9.17, 15) is 0 Å². The number of hydrogen-bond donors (Lipinski definition) is 0. The van der Waals surface area contributed by atoms with E-state index >= 15 is 0 Å². The number of piperidine rings is 1. The fourth-order valence-corrected chi connectivity index (χ4v) is 2.95. The van der Waals surface area contributed by atoms with Crippen molar-refractivity contribution < 1.29 is 4.42 Å². The lowest BCUT2D eigenvalue weighted by molar-refractivity contribution is 0.509. The average Bonchev–Trinajstić information content (AvgIpc) is 2.99. The summed E-state index contributed by atoms with van der Waals surface area (Å²) in [5, 5.41) is 0. The summed E-state index contributed by atoms with van der Waals surface area (Å²) in [6.45, 7) is 2.11. The van der Waals surface area contributed by atoms with Crippen LogP contribution in [0.4, 0.5) is 6.01 Å². The summed E-state index contributed by atoms with van der Waals surface area (Å²) in [6.07, 6.45) is 3.77. The van der Waals surface area contributed by atoms with E-state index in [1.54, 1.807) is 0 Å². The lowest BCUT2D eigenvalue weighted by atomic mass is 10.1. The van der Waals surface area contributed by atoms with Crippen molar-refractivity contribution in [2.75, 3.05) is 18.0 Å². The molecule has 0 radical (unpaired) electrons. The smallest absolute Gasteiger partial charge is 0.298 e. The fraction of sp³-hybridized carbons (Fsp3) is 0.278. The monoisotopic (exact) mass is 278 g/mol. The number of anilines is 1. The molecule has 0 aliphatic carbocycles. The molecule has 0 atom stereocenters. The molecule has 1 aliphatic rings. The fourth-order valence-electron chi connectivity index (χ4n) is 2.95. The second-order valence-corrected chi connectivity index (χ2v) is 5.59. The quantitative estimate of drug-likeness (QED) is 0.692. The Kier molecular flexibility index (Phi) is 3.11. The van der Waals surface area contributed by atoms with Gasteiger partial charge in [-0.25, -0.2) is 0 Å². The zero-order valence-corrected chi connectivity index (χ0v) is 12.0. The molecule has 106 valence electrons. The van der Waals surface area contributed by atoms with Crippen LogP contribution in [0.15, 0.2) is 52.9 Å². The highest BCUT2D eigenvalue weighted by Gasteiger charge is 2.16. The van der Waals surface area contributed by atoms with Crippen molar-refractivity contribution in [1.29, 1.82) is 0 Å². The molecule has 3 nitrogen and oxygen atoms in total. The van der Waals surface area contributed by atoms with Crippen molar-refractivity contribution in [2.45, 2.75) is 19.3 Å². The summed E-state index contributed by atoms with van der Waals surface area (Å²) in [6, 6.07) is 17.4. The molecule has 0 bridgehead atoms. The molecule has 0 saturated carbocycles. The van der Waals surface area contributed by atoms with Crippen molar-refractivity contribution in [3.05, 3.63) is 48.5 Å². The van der Waals surface area contributed by atoms with Gasteiger partial charge in [-0.2, -0.15) is 4.98 Å². The Morgan fingerprint density at radius 3 is 2.48 bits per heavy atom. The molecule has 4 rings (SSSR count). The summed E-state index contributed by atoms with van der Waals surface area (Å²) in [4.78, 5) is 6.94. The van der Waals surface area contributed by atoms with Gasteiger partial charge in [-0.05, 0) is 42.5 Å². The van der Waals surface area contributed by atoms with E-state index in [0.29, 0.717) is 0 Å². The van der Waals surface area contributed by atoms with E-state index in [0.717, 1.165) is 30.2 Å². The molecule has 0 unspecified atom stereocenters. The number of rotatable bonds is 2. The number of hydrogen-bond acceptors (Lipinski definition) is 3. The molecule has 3 heteroatoms. The van der Waals surface area contributed by atoms with Crippen LogP contribution in [-0.4, -0.2) is 18.1 Å². The Morgan fingerprint density at radius 1 is 0.857 bits per heavy atom. The highest BCUT2D eigenvalue weighted by atomic mass is 16.4. The van der Waals surface area contributed by atoms with E-state index in [-0.39, 0.29) is 0 Å². The maximum absolute atomic E-state index is 5.91. The van der Waals surface area contributed by atoms with Crippen LogP contribution in [0, 0.1) is 0 Å². The highest BCUT2D eigenvalue weighted by molar-refractivity contribution is 5.81. The van der Waals surface area contributed by atoms with Crippen molar-refractivity contribution in [3.63, 3.8) is 0 Å². The van der Waals surface area contributed by atoms with Crippen molar-refractivity contribution in [2.24, 2.45) is 0 Å². The van der Waals surface area contributed by atoms with Crippen LogP contribution in [-0.2, 0) is 0 Å². The van der Waals surface area contributed by atoms with E-state index in [1.165, 1.54) is 30.4 Å². The topological polar surface area (TPSA) is 29.3 Å². The third-order valence-electron chi connectivity index (χ3n) is 4.11. The molecule has 0 amide bonds. The number of nitrogens with zero attached hydrogens (tertiary/aromatic N) is 2. The SMILES string of the molecule is c1ccc(-c2ccc3oc(N4CCCCC4)nc3c2)cc1. The molecule has 3 aromatic rings. The molecule has 21 heavy (non-hydrogen) atoms. The van der Waals surface area contributed by atoms with Gasteiger partial charge in [-0.15, -0.1) is 0 Å². The maximum atomic E-state index is 5.91. The van der Waals surface area contributed by atoms with E-state index in [1.807, 2.05) is 12.1 Å². The van der Waals surface area contributed by atoms with Gasteiger partial charge in [0.2, 0.25) is 0 Å². The summed E-state index contributed by atoms with van der Waals surface area (Å²) in [5.74, 6) is 0. The average molecular weight is 278 g/mol. The van der Waals surface area contributed by atoms with Crippen LogP contribution in [0.25, 0.3) is 22.2 Å². The minimum atomic E-state index is 0.773. The van der Waals surface area contributed by atoms with Crippen LogP contribution in [0.5, 0.6) is 0 Å². The summed E-state index contributed by atoms with van der Waals surface area (Å²) >= 11 is 0. The van der Waals surface area contributed by atoms with Crippen LogP contribution in [0.1, 0.15) is 19.3 Å². The van der Waals surface area contributed by atoms with Crippen molar-refractivity contribution in [3.8, 4) is 11.1 Å². The van der Waals surface area contributed by atoms with Gasteiger partial charge < -0.3 is 9.32 Å². The van der Waals surface area contributed by atoms with Gasteiger partial charge in [-0.3, -0.25) is 0 Å². The summed E-state index contributed by atoms with van der Waals surface area (Å²) in [5.41, 5.74) is 4.20. The third kappa shape index (κ3) is 2.40. The second kappa shape index (κ2) is 5.24. The molecule has 0 N–H and O–H groups in total. The number of oxazole rings is 1. The first-order valence-electron chi connectivity index (χ1n) is 7.61. The Bertz CT molecular complexity index is 742. The van der Waals surface area contributed by atoms with Crippen molar-refractivity contribution >= 4 is 17.1 Å². The Morgan fingerprint density at radius 2 is 1.67 bits per heavy atom. The van der Waals surface area contributed by atoms with E-state index in [2.05, 4.69) is 46.3 Å². The van der Waals surface area contributed by atoms with Gasteiger partial charge in [0.25, 0.3) is 6.01 Å². The molecular formula is C18H18N2O. The molecule has 1 aliphatic heterocycles. The minimum Gasteiger partial charge on any atom is -0.423 e. The molecule has 1 aromatic heterocycles. The van der Waals surface area contributed by atoms with Gasteiger partial charge in [0.15, 0.2) is 5.58 Å². The number of benzene rings is 2. The Labute approximate surface area is 124 Å². The molecule has 2 heterocycles. The lowest BCUT2D eigenvalue weighted by Crippen LogP contribution is -2.29. The predicted octanol–water partition coefficient (Wildman–Crippen LogP) is 4.49. The van der Waals surface area contributed by atoms with Gasteiger partial charge >= 0.3 is 0 Å². The van der Waals surface area contributed by atoms with E-state index in [4.69, 9.17) is 4.42 Å². The molecule has 1 fully saturated rings. The minimum absolute atomic E-state index is 0.773. The van der Waals surface area contributed by atoms with Crippen LogP contribution in [0.3, 0.4) is 0 Å². The first kappa shape index (κ1) is 12.5. The van der Waals surface area contributed by atoms with Crippen molar-refractivity contribution in [1.82, 2.24) is 4.98 Å². The van der Waals surface area contributed by atoms with Gasteiger partial charge in [0.1, 0.15) is 5.52 Å². The zero-order chi connectivity index (χ0) is 14.1. The normalized spacial score (nSPS) is 15.5. The Hall–Kier alpha value is -2.29. The molecular weight excluding hydrogens is 260 g/mol. The largest absolute Gasteiger partial charge is 0.423 e. The number of fused-ring (bicyclic) bond motifs is 1. The van der Waals surface area contributed by atoms with E-state index < -0.39 is 0 Å². The lowest BCUT2D eigenvalue weighted by Gasteiger charge is -2.24. The molecule has 1 saturated heterocycles. The second-order valence-electron chi connectivity index (χ2n) is 5.59. The third-order valence-corrected chi connectivity index (χ3v) is 4.11. The van der Waals surface area contributed by atoms with Gasteiger partial charge in [0, 0.05) is 13.1 Å². The van der Waals surface area contributed by atoms with Gasteiger partial charge in [0.05, 0.1) is 0 Å². The number of aromatic nitrogens is 1. The van der Waals surface area contributed by atoms with Crippen LogP contribution >= 0.6 is 0 Å². The predicted molar refractivity (Wildman–Crippen MR) is 85.5 cm³/mol. The zero-order valence-electron chi connectivity index (χ0n) is 12.0. The molecule has 0 spiro atoms. The summed E-state index contributed by atoms with van der Waals surface area (Å²) in [7, 11) is 0. The highest BCUT2D eigenvalue weighted by Crippen LogP contribution is 2.28.